The predicted molar refractivity (Wildman–Crippen MR) is 110 cm³/mol. The van der Waals surface area contributed by atoms with Gasteiger partial charge in [-0.15, -0.1) is 11.8 Å². The molecule has 3 rings (SSSR count). The number of hydrogen-bond donors (Lipinski definition) is 1. The Bertz CT molecular complexity index is 970. The van der Waals surface area contributed by atoms with Crippen molar-refractivity contribution in [3.63, 3.8) is 0 Å². The molecule has 1 amide bonds. The Morgan fingerprint density at radius 3 is 2.57 bits per heavy atom. The van der Waals surface area contributed by atoms with Crippen LogP contribution in [0.3, 0.4) is 0 Å². The first-order chi connectivity index (χ1) is 13.2. The molecule has 2 aromatic heterocycles. The summed E-state index contributed by atoms with van der Waals surface area (Å²) < 4.78 is 1.52. The SMILES string of the molecule is C[C@@H](NC(=O)c1cc(Cl)cc(SC(C)(C)C)c1)c1ncnn1-c1ncccn1. The maximum absolute atomic E-state index is 12.8. The molecule has 146 valence electrons. The molecule has 0 aliphatic carbocycles. The van der Waals surface area contributed by atoms with Crippen molar-refractivity contribution in [1.82, 2.24) is 30.0 Å². The lowest BCUT2D eigenvalue weighted by molar-refractivity contribution is 0.0937. The second-order valence-electron chi connectivity index (χ2n) is 7.16. The summed E-state index contributed by atoms with van der Waals surface area (Å²) in [4.78, 5) is 26.3. The Hall–Kier alpha value is -2.45. The Morgan fingerprint density at radius 1 is 1.18 bits per heavy atom. The summed E-state index contributed by atoms with van der Waals surface area (Å²) >= 11 is 7.88. The Labute approximate surface area is 173 Å². The number of nitrogens with zero attached hydrogens (tertiary/aromatic N) is 5. The highest BCUT2D eigenvalue weighted by atomic mass is 35.5. The van der Waals surface area contributed by atoms with Crippen molar-refractivity contribution in [2.75, 3.05) is 0 Å². The average molecular weight is 417 g/mol. The minimum atomic E-state index is -0.406. The highest BCUT2D eigenvalue weighted by Gasteiger charge is 2.20. The largest absolute Gasteiger partial charge is 0.342 e. The van der Waals surface area contributed by atoms with Crippen LogP contribution in [0.5, 0.6) is 0 Å². The summed E-state index contributed by atoms with van der Waals surface area (Å²) in [6.07, 6.45) is 4.65. The predicted octanol–water partition coefficient (Wildman–Crippen LogP) is 4.09. The molecular weight excluding hydrogens is 396 g/mol. The molecule has 0 bridgehead atoms. The van der Waals surface area contributed by atoms with Crippen LogP contribution in [-0.4, -0.2) is 35.4 Å². The third-order valence-electron chi connectivity index (χ3n) is 3.61. The van der Waals surface area contributed by atoms with E-state index < -0.39 is 6.04 Å². The van der Waals surface area contributed by atoms with Gasteiger partial charge in [-0.1, -0.05) is 32.4 Å². The summed E-state index contributed by atoms with van der Waals surface area (Å²) in [5, 5.41) is 7.62. The summed E-state index contributed by atoms with van der Waals surface area (Å²) in [6.45, 7) is 8.16. The third-order valence-corrected chi connectivity index (χ3v) is 4.91. The number of thioether (sulfide) groups is 1. The van der Waals surface area contributed by atoms with E-state index in [2.05, 4.69) is 46.1 Å². The lowest BCUT2D eigenvalue weighted by atomic mass is 10.2. The molecule has 9 heteroatoms. The van der Waals surface area contributed by atoms with Gasteiger partial charge >= 0.3 is 0 Å². The number of carbonyl (C=O) groups is 1. The first kappa shape index (κ1) is 20.3. The molecule has 1 atom stereocenters. The van der Waals surface area contributed by atoms with Crippen LogP contribution in [0, 0.1) is 0 Å². The summed E-state index contributed by atoms with van der Waals surface area (Å²) in [5.74, 6) is 0.683. The molecule has 1 aromatic carbocycles. The van der Waals surface area contributed by atoms with Crippen molar-refractivity contribution < 1.29 is 4.79 Å². The fourth-order valence-corrected chi connectivity index (χ4v) is 3.93. The first-order valence-corrected chi connectivity index (χ1v) is 9.90. The highest BCUT2D eigenvalue weighted by Crippen LogP contribution is 2.34. The molecule has 0 unspecified atom stereocenters. The van der Waals surface area contributed by atoms with Gasteiger partial charge < -0.3 is 5.32 Å². The fraction of sp³-hybridized carbons (Fsp3) is 0.316. The van der Waals surface area contributed by atoms with Crippen molar-refractivity contribution in [2.24, 2.45) is 0 Å². The van der Waals surface area contributed by atoms with Gasteiger partial charge in [-0.05, 0) is 31.2 Å². The molecular formula is C19H21ClN6OS. The van der Waals surface area contributed by atoms with Gasteiger partial charge in [-0.3, -0.25) is 4.79 Å². The van der Waals surface area contributed by atoms with Gasteiger partial charge in [0.1, 0.15) is 6.33 Å². The average Bonchev–Trinajstić information content (AvgIpc) is 3.10. The highest BCUT2D eigenvalue weighted by molar-refractivity contribution is 8.00. The Morgan fingerprint density at radius 2 is 1.89 bits per heavy atom. The zero-order valence-electron chi connectivity index (χ0n) is 16.0. The van der Waals surface area contributed by atoms with E-state index >= 15 is 0 Å². The molecule has 0 spiro atoms. The molecule has 1 N–H and O–H groups in total. The monoisotopic (exact) mass is 416 g/mol. The van der Waals surface area contributed by atoms with Crippen LogP contribution in [0.1, 0.15) is 49.9 Å². The number of halogens is 1. The van der Waals surface area contributed by atoms with Crippen LogP contribution < -0.4 is 5.32 Å². The van der Waals surface area contributed by atoms with E-state index in [1.165, 1.54) is 11.0 Å². The minimum Gasteiger partial charge on any atom is -0.342 e. The van der Waals surface area contributed by atoms with Crippen LogP contribution in [-0.2, 0) is 0 Å². The summed E-state index contributed by atoms with van der Waals surface area (Å²) in [5.41, 5.74) is 0.494. The van der Waals surface area contributed by atoms with Crippen LogP contribution >= 0.6 is 23.4 Å². The van der Waals surface area contributed by atoms with E-state index in [0.717, 1.165) is 4.90 Å². The van der Waals surface area contributed by atoms with Gasteiger partial charge in [0.15, 0.2) is 5.82 Å². The standard InChI is InChI=1S/C19H21ClN6OS/c1-12(16-23-11-24-26(16)18-21-6-5-7-22-18)25-17(27)13-8-14(20)10-15(9-13)28-19(2,3)4/h5-12H,1-4H3,(H,25,27)/t12-/m1/s1. The van der Waals surface area contributed by atoms with Crippen molar-refractivity contribution in [3.8, 4) is 5.95 Å². The zero-order valence-corrected chi connectivity index (χ0v) is 17.6. The molecule has 0 radical (unpaired) electrons. The Kier molecular flexibility index (Phi) is 6.00. The smallest absolute Gasteiger partial charge is 0.252 e. The van der Waals surface area contributed by atoms with Crippen LogP contribution in [0.25, 0.3) is 5.95 Å². The first-order valence-electron chi connectivity index (χ1n) is 8.71. The van der Waals surface area contributed by atoms with Crippen LogP contribution in [0.15, 0.2) is 47.9 Å². The van der Waals surface area contributed by atoms with E-state index in [0.29, 0.717) is 22.4 Å². The molecule has 7 nitrogen and oxygen atoms in total. The Balaban J connectivity index is 1.80. The van der Waals surface area contributed by atoms with Crippen molar-refractivity contribution in [3.05, 3.63) is 59.4 Å². The van der Waals surface area contributed by atoms with Crippen molar-refractivity contribution in [2.45, 2.75) is 43.4 Å². The number of aromatic nitrogens is 5. The fourth-order valence-electron chi connectivity index (χ4n) is 2.55. The molecule has 0 fully saturated rings. The second kappa shape index (κ2) is 8.28. The normalized spacial score (nSPS) is 12.6. The lowest BCUT2D eigenvalue weighted by Crippen LogP contribution is -2.29. The van der Waals surface area contributed by atoms with Crippen molar-refractivity contribution >= 4 is 29.3 Å². The van der Waals surface area contributed by atoms with Crippen molar-refractivity contribution in [1.29, 1.82) is 0 Å². The second-order valence-corrected chi connectivity index (χ2v) is 9.50. The molecule has 0 aliphatic heterocycles. The van der Waals surface area contributed by atoms with Crippen LogP contribution in [0.4, 0.5) is 0 Å². The van der Waals surface area contributed by atoms with Crippen LogP contribution in [0.2, 0.25) is 5.02 Å². The molecule has 3 aromatic rings. The van der Waals surface area contributed by atoms with Gasteiger partial charge in [0, 0.05) is 32.6 Å². The van der Waals surface area contributed by atoms with E-state index in [1.807, 2.05) is 19.1 Å². The minimum absolute atomic E-state index is 0.0117. The van der Waals surface area contributed by atoms with E-state index in [1.54, 1.807) is 36.3 Å². The van der Waals surface area contributed by atoms with Gasteiger partial charge in [0.25, 0.3) is 11.9 Å². The summed E-state index contributed by atoms with van der Waals surface area (Å²) in [7, 11) is 0. The van der Waals surface area contributed by atoms with E-state index in [9.17, 15) is 4.79 Å². The topological polar surface area (TPSA) is 85.6 Å². The zero-order chi connectivity index (χ0) is 20.3. The molecule has 2 heterocycles. The number of benzene rings is 1. The number of rotatable bonds is 5. The molecule has 0 saturated carbocycles. The maximum atomic E-state index is 12.8. The third kappa shape index (κ3) is 5.08. The summed E-state index contributed by atoms with van der Waals surface area (Å²) in [6, 6.07) is 6.67. The van der Waals surface area contributed by atoms with Gasteiger partial charge in [-0.2, -0.15) is 9.78 Å². The number of nitrogens with one attached hydrogen (secondary N) is 1. The number of carbonyl (C=O) groups excluding carboxylic acids is 1. The number of amides is 1. The van der Waals surface area contributed by atoms with E-state index in [4.69, 9.17) is 11.6 Å². The quantitative estimate of drug-likeness (QED) is 0.630. The molecule has 0 aliphatic rings. The number of hydrogen-bond acceptors (Lipinski definition) is 6. The van der Waals surface area contributed by atoms with Gasteiger partial charge in [0.2, 0.25) is 0 Å². The molecule has 0 saturated heterocycles. The maximum Gasteiger partial charge on any atom is 0.252 e. The molecule has 28 heavy (non-hydrogen) atoms. The van der Waals surface area contributed by atoms with E-state index in [-0.39, 0.29) is 10.7 Å². The van der Waals surface area contributed by atoms with Gasteiger partial charge in [0.05, 0.1) is 6.04 Å². The van der Waals surface area contributed by atoms with Gasteiger partial charge in [-0.25, -0.2) is 15.0 Å². The lowest BCUT2D eigenvalue weighted by Gasteiger charge is -2.19.